The van der Waals surface area contributed by atoms with E-state index in [9.17, 15) is 15.3 Å². The number of fused-ring (bicyclic) bond motifs is 2. The lowest BCUT2D eigenvalue weighted by molar-refractivity contribution is -0.115. The summed E-state index contributed by atoms with van der Waals surface area (Å²) in [6, 6.07) is 19.5. The zero-order valence-electron chi connectivity index (χ0n) is 13.3. The molecule has 4 heteroatoms. The van der Waals surface area contributed by atoms with Gasteiger partial charge in [0.25, 0.3) is 0 Å². The molecule has 0 atom stereocenters. The maximum atomic E-state index is 12.4. The first-order valence-corrected chi connectivity index (χ1v) is 7.64. The first-order valence-electron chi connectivity index (χ1n) is 7.64. The number of benzene rings is 2. The molecule has 0 aromatic heterocycles. The minimum absolute atomic E-state index is 0.107. The van der Waals surface area contributed by atoms with E-state index in [0.29, 0.717) is 0 Å². The fourth-order valence-corrected chi connectivity index (χ4v) is 3.20. The van der Waals surface area contributed by atoms with E-state index < -0.39 is 0 Å². The van der Waals surface area contributed by atoms with E-state index in [2.05, 4.69) is 12.1 Å². The topological polar surface area (TPSA) is 67.9 Å². The van der Waals surface area contributed by atoms with Gasteiger partial charge in [0.1, 0.15) is 0 Å². The maximum absolute atomic E-state index is 12.4. The van der Waals surface area contributed by atoms with E-state index in [1.165, 1.54) is 6.92 Å². The highest BCUT2D eigenvalue weighted by atomic mass is 16.2. The Morgan fingerprint density at radius 1 is 0.875 bits per heavy atom. The van der Waals surface area contributed by atoms with Crippen LogP contribution in [0.3, 0.4) is 0 Å². The third kappa shape index (κ3) is 2.45. The highest BCUT2D eigenvalue weighted by molar-refractivity contribution is 6.10. The molecule has 0 unspecified atom stereocenters. The minimum atomic E-state index is -0.107. The lowest BCUT2D eigenvalue weighted by atomic mass is 9.91. The number of amides is 1. The van der Waals surface area contributed by atoms with Gasteiger partial charge in [-0.3, -0.25) is 9.69 Å². The fourth-order valence-electron chi connectivity index (χ4n) is 3.20. The van der Waals surface area contributed by atoms with Crippen LogP contribution in [0.5, 0.6) is 0 Å². The maximum Gasteiger partial charge on any atom is 0.228 e. The van der Waals surface area contributed by atoms with Crippen LogP contribution in [0.2, 0.25) is 0 Å². The second kappa shape index (κ2) is 6.40. The van der Waals surface area contributed by atoms with Gasteiger partial charge in [-0.1, -0.05) is 36.4 Å². The smallest absolute Gasteiger partial charge is 0.228 e. The van der Waals surface area contributed by atoms with Crippen molar-refractivity contribution in [1.82, 2.24) is 0 Å². The molecular weight excluding hydrogens is 298 g/mol. The average molecular weight is 313 g/mol. The van der Waals surface area contributed by atoms with Crippen LogP contribution in [0.15, 0.2) is 48.5 Å². The van der Waals surface area contributed by atoms with Crippen molar-refractivity contribution >= 4 is 28.4 Å². The molecule has 0 N–H and O–H groups in total. The summed E-state index contributed by atoms with van der Waals surface area (Å²) >= 11 is 0. The van der Waals surface area contributed by atoms with Crippen molar-refractivity contribution < 1.29 is 4.79 Å². The van der Waals surface area contributed by atoms with Crippen LogP contribution in [0.1, 0.15) is 30.9 Å². The van der Waals surface area contributed by atoms with Crippen molar-refractivity contribution in [1.29, 1.82) is 10.5 Å². The number of carbonyl (C=O) groups is 1. The number of rotatable bonds is 2. The second-order valence-corrected chi connectivity index (χ2v) is 5.52. The minimum Gasteiger partial charge on any atom is -0.280 e. The van der Waals surface area contributed by atoms with Gasteiger partial charge in [0, 0.05) is 18.1 Å². The zero-order chi connectivity index (χ0) is 17.1. The summed E-state index contributed by atoms with van der Waals surface area (Å²) in [5, 5.41) is 18.6. The van der Waals surface area contributed by atoms with E-state index in [4.69, 9.17) is 0 Å². The molecule has 4 nitrogen and oxygen atoms in total. The van der Waals surface area contributed by atoms with Gasteiger partial charge >= 0.3 is 0 Å². The number of carbonyl (C=O) groups excluding carboxylic acids is 1. The molecule has 2 aromatic rings. The predicted octanol–water partition coefficient (Wildman–Crippen LogP) is 4.42. The molecule has 3 rings (SSSR count). The van der Waals surface area contributed by atoms with Crippen LogP contribution in [-0.4, -0.2) is 5.91 Å². The van der Waals surface area contributed by atoms with Gasteiger partial charge in [0.15, 0.2) is 0 Å². The van der Waals surface area contributed by atoms with Crippen molar-refractivity contribution in [3.8, 4) is 12.1 Å². The van der Waals surface area contributed by atoms with Crippen LogP contribution in [0, 0.1) is 22.7 Å². The molecule has 1 aliphatic rings. The molecule has 2 aromatic carbocycles. The molecule has 0 aliphatic carbocycles. The molecule has 1 amide bonds. The molecule has 116 valence electrons. The van der Waals surface area contributed by atoms with Crippen molar-refractivity contribution in [3.05, 3.63) is 59.7 Å². The summed E-state index contributed by atoms with van der Waals surface area (Å²) in [5.74, 6) is -0.107. The second-order valence-electron chi connectivity index (χ2n) is 5.52. The van der Waals surface area contributed by atoms with Crippen LogP contribution < -0.4 is 4.90 Å². The van der Waals surface area contributed by atoms with Crippen LogP contribution in [-0.2, 0) is 4.79 Å². The Labute approximate surface area is 140 Å². The molecule has 0 fully saturated rings. The Hall–Kier alpha value is -3.37. The summed E-state index contributed by atoms with van der Waals surface area (Å²) < 4.78 is 0. The van der Waals surface area contributed by atoms with Crippen LogP contribution in [0.4, 0.5) is 11.4 Å². The molecule has 0 bridgehead atoms. The van der Waals surface area contributed by atoms with Crippen LogP contribution in [0.25, 0.3) is 11.1 Å². The Balaban J connectivity index is 2.45. The summed E-state index contributed by atoms with van der Waals surface area (Å²) in [6.45, 7) is 1.52. The summed E-state index contributed by atoms with van der Waals surface area (Å²) in [7, 11) is 0. The number of nitrogens with zero attached hydrogens (tertiary/aromatic N) is 3. The van der Waals surface area contributed by atoms with Gasteiger partial charge in [0.2, 0.25) is 5.91 Å². The number of anilines is 2. The number of nitriles is 2. The molecule has 0 saturated carbocycles. The number of para-hydroxylation sites is 2. The van der Waals surface area contributed by atoms with Crippen molar-refractivity contribution in [2.45, 2.75) is 19.8 Å². The Bertz CT molecular complexity index is 859. The quantitative estimate of drug-likeness (QED) is 0.824. The van der Waals surface area contributed by atoms with E-state index in [1.807, 2.05) is 48.5 Å². The summed E-state index contributed by atoms with van der Waals surface area (Å²) in [5.41, 5.74) is 4.77. The van der Waals surface area contributed by atoms with Crippen molar-refractivity contribution in [2.24, 2.45) is 0 Å². The predicted molar refractivity (Wildman–Crippen MR) is 93.0 cm³/mol. The monoisotopic (exact) mass is 313 g/mol. The van der Waals surface area contributed by atoms with Gasteiger partial charge in [0.05, 0.1) is 36.4 Å². The number of hydrogen-bond donors (Lipinski definition) is 0. The Morgan fingerprint density at radius 3 is 1.67 bits per heavy atom. The van der Waals surface area contributed by atoms with Crippen molar-refractivity contribution in [3.63, 3.8) is 0 Å². The normalized spacial score (nSPS) is 12.5. The summed E-state index contributed by atoms with van der Waals surface area (Å²) in [4.78, 5) is 14.0. The van der Waals surface area contributed by atoms with E-state index in [0.717, 1.165) is 33.6 Å². The number of hydrogen-bond acceptors (Lipinski definition) is 3. The summed E-state index contributed by atoms with van der Waals surface area (Å²) in [6.07, 6.45) is 0.377. The Morgan fingerprint density at radius 2 is 1.29 bits per heavy atom. The van der Waals surface area contributed by atoms with Gasteiger partial charge in [-0.05, 0) is 23.3 Å². The molecule has 24 heavy (non-hydrogen) atoms. The first-order chi connectivity index (χ1) is 11.7. The SMILES string of the molecule is CC(=O)N1c2ccccc2C(CC#N)=C(CC#N)c2ccccc21. The first kappa shape index (κ1) is 15.5. The average Bonchev–Trinajstić information content (AvgIpc) is 2.70. The highest BCUT2D eigenvalue weighted by Gasteiger charge is 2.27. The third-order valence-corrected chi connectivity index (χ3v) is 4.13. The van der Waals surface area contributed by atoms with Crippen LogP contribution >= 0.6 is 0 Å². The molecular formula is C20H15N3O. The highest BCUT2D eigenvalue weighted by Crippen LogP contribution is 2.45. The lowest BCUT2D eigenvalue weighted by Crippen LogP contribution is -2.23. The van der Waals surface area contributed by atoms with E-state index >= 15 is 0 Å². The molecule has 0 spiro atoms. The Kier molecular flexibility index (Phi) is 4.14. The van der Waals surface area contributed by atoms with Crippen molar-refractivity contribution in [2.75, 3.05) is 4.90 Å². The number of allylic oxidation sites excluding steroid dienone is 2. The molecule has 0 saturated heterocycles. The molecule has 0 radical (unpaired) electrons. The third-order valence-electron chi connectivity index (χ3n) is 4.13. The van der Waals surface area contributed by atoms with E-state index in [-0.39, 0.29) is 18.7 Å². The van der Waals surface area contributed by atoms with Gasteiger partial charge in [-0.15, -0.1) is 0 Å². The standard InChI is InChI=1S/C20H15N3O/c1-14(24)23-19-8-4-2-6-17(19)15(10-12-21)16(11-13-22)18-7-3-5-9-20(18)23/h2-9H,10-11H2,1H3. The van der Waals surface area contributed by atoms with Gasteiger partial charge < -0.3 is 0 Å². The largest absolute Gasteiger partial charge is 0.280 e. The molecule has 1 heterocycles. The fraction of sp³-hybridized carbons (Fsp3) is 0.150. The van der Waals surface area contributed by atoms with Gasteiger partial charge in [-0.25, -0.2) is 0 Å². The van der Waals surface area contributed by atoms with Gasteiger partial charge in [-0.2, -0.15) is 10.5 Å². The lowest BCUT2D eigenvalue weighted by Gasteiger charge is -2.23. The zero-order valence-corrected chi connectivity index (χ0v) is 13.3. The van der Waals surface area contributed by atoms with E-state index in [1.54, 1.807) is 4.90 Å². The molecule has 1 aliphatic heterocycles.